The van der Waals surface area contributed by atoms with Gasteiger partial charge in [-0.1, -0.05) is 0 Å². The van der Waals surface area contributed by atoms with E-state index in [1.54, 1.807) is 6.92 Å². The van der Waals surface area contributed by atoms with Crippen molar-refractivity contribution in [3.05, 3.63) is 11.6 Å². The van der Waals surface area contributed by atoms with E-state index in [-0.39, 0.29) is 5.78 Å². The zero-order valence-corrected chi connectivity index (χ0v) is 10.3. The van der Waals surface area contributed by atoms with Crippen LogP contribution in [0, 0.1) is 5.92 Å². The van der Waals surface area contributed by atoms with Crippen LogP contribution in [-0.2, 0) is 14.4 Å². The Bertz CT molecular complexity index is 368. The average molecular weight is 255 g/mol. The Morgan fingerprint density at radius 2 is 1.67 bits per heavy atom. The standard InChI is InChI=1S/C10H15NO.C2H2O4/c1-8(12)6-10-7-11-4-2-9(10)3-5-11;3-1(4)2(5)6/h6,9H,2-5,7H2,1H3;(H,3,4)(H,5,6)/b10-6-;. The van der Waals surface area contributed by atoms with Crippen molar-refractivity contribution >= 4 is 17.7 Å². The number of carbonyl (C=O) groups is 3. The highest BCUT2D eigenvalue weighted by Gasteiger charge is 2.29. The van der Waals surface area contributed by atoms with Crippen LogP contribution in [0.25, 0.3) is 0 Å². The van der Waals surface area contributed by atoms with Crippen LogP contribution in [-0.4, -0.2) is 52.5 Å². The van der Waals surface area contributed by atoms with Gasteiger partial charge in [0.2, 0.25) is 0 Å². The largest absolute Gasteiger partial charge is 0.473 e. The third-order valence-corrected chi connectivity index (χ3v) is 3.09. The molecule has 0 aliphatic carbocycles. The van der Waals surface area contributed by atoms with Gasteiger partial charge in [-0.25, -0.2) is 9.59 Å². The second kappa shape index (κ2) is 6.30. The van der Waals surface area contributed by atoms with Crippen molar-refractivity contribution in [2.24, 2.45) is 5.92 Å². The summed E-state index contributed by atoms with van der Waals surface area (Å²) >= 11 is 0. The molecule has 0 amide bonds. The Morgan fingerprint density at radius 3 is 1.94 bits per heavy atom. The molecule has 2 N–H and O–H groups in total. The molecule has 0 aromatic carbocycles. The molecule has 0 radical (unpaired) electrons. The first-order valence-corrected chi connectivity index (χ1v) is 5.79. The van der Waals surface area contributed by atoms with Crippen LogP contribution < -0.4 is 0 Å². The van der Waals surface area contributed by atoms with Gasteiger partial charge in [0.25, 0.3) is 0 Å². The van der Waals surface area contributed by atoms with Crippen LogP contribution in [0.3, 0.4) is 0 Å². The third-order valence-electron chi connectivity index (χ3n) is 3.09. The second-order valence-corrected chi connectivity index (χ2v) is 4.49. The summed E-state index contributed by atoms with van der Waals surface area (Å²) in [6.07, 6.45) is 4.37. The lowest BCUT2D eigenvalue weighted by Gasteiger charge is -2.40. The number of rotatable bonds is 1. The molecule has 3 fully saturated rings. The highest BCUT2D eigenvalue weighted by atomic mass is 16.4. The van der Waals surface area contributed by atoms with E-state index >= 15 is 0 Å². The van der Waals surface area contributed by atoms with Gasteiger partial charge in [0, 0.05) is 6.54 Å². The van der Waals surface area contributed by atoms with E-state index < -0.39 is 11.9 Å². The maximum Gasteiger partial charge on any atom is 0.414 e. The van der Waals surface area contributed by atoms with Gasteiger partial charge in [0.1, 0.15) is 0 Å². The number of hydrogen-bond acceptors (Lipinski definition) is 4. The predicted molar refractivity (Wildman–Crippen MR) is 63.2 cm³/mol. The predicted octanol–water partition coefficient (Wildman–Crippen LogP) is 0.383. The number of fused-ring (bicyclic) bond motifs is 3. The minimum atomic E-state index is -1.82. The lowest BCUT2D eigenvalue weighted by molar-refractivity contribution is -0.159. The summed E-state index contributed by atoms with van der Waals surface area (Å²) in [5.41, 5.74) is 1.38. The van der Waals surface area contributed by atoms with Crippen LogP contribution in [0.15, 0.2) is 11.6 Å². The summed E-state index contributed by atoms with van der Waals surface area (Å²) in [6.45, 7) is 5.16. The number of carbonyl (C=O) groups excluding carboxylic acids is 1. The minimum absolute atomic E-state index is 0.207. The fraction of sp³-hybridized carbons (Fsp3) is 0.583. The normalized spacial score (nSPS) is 27.3. The number of nitrogens with zero attached hydrogens (tertiary/aromatic N) is 1. The lowest BCUT2D eigenvalue weighted by atomic mass is 9.83. The van der Waals surface area contributed by atoms with E-state index in [0.29, 0.717) is 0 Å². The fourth-order valence-corrected chi connectivity index (χ4v) is 2.27. The van der Waals surface area contributed by atoms with Crippen LogP contribution in [0.1, 0.15) is 19.8 Å². The molecule has 3 rings (SSSR count). The zero-order chi connectivity index (χ0) is 13.7. The van der Waals surface area contributed by atoms with E-state index in [1.165, 1.54) is 31.5 Å². The van der Waals surface area contributed by atoms with Gasteiger partial charge in [0.15, 0.2) is 5.78 Å². The molecule has 3 aliphatic rings. The molecule has 0 spiro atoms. The van der Waals surface area contributed by atoms with E-state index in [0.717, 1.165) is 12.5 Å². The monoisotopic (exact) mass is 255 g/mol. The van der Waals surface area contributed by atoms with Gasteiger partial charge in [-0.05, 0) is 50.4 Å². The van der Waals surface area contributed by atoms with Gasteiger partial charge < -0.3 is 10.2 Å². The van der Waals surface area contributed by atoms with Crippen molar-refractivity contribution in [1.82, 2.24) is 4.90 Å². The van der Waals surface area contributed by atoms with Gasteiger partial charge in [-0.2, -0.15) is 0 Å². The van der Waals surface area contributed by atoms with Crippen molar-refractivity contribution in [3.8, 4) is 0 Å². The summed E-state index contributed by atoms with van der Waals surface area (Å²) < 4.78 is 0. The van der Waals surface area contributed by atoms with E-state index in [1.807, 2.05) is 6.08 Å². The quantitative estimate of drug-likeness (QED) is 0.519. The Hall–Kier alpha value is -1.69. The summed E-state index contributed by atoms with van der Waals surface area (Å²) in [6, 6.07) is 0. The first-order chi connectivity index (χ1) is 8.40. The van der Waals surface area contributed by atoms with Crippen LogP contribution in [0.4, 0.5) is 0 Å². The molecule has 3 aliphatic heterocycles. The SMILES string of the molecule is CC(=O)/C=C1/CN2CCC1CC2.O=C(O)C(=O)O. The number of allylic oxidation sites excluding steroid dienone is 1. The van der Waals surface area contributed by atoms with Crippen LogP contribution in [0.2, 0.25) is 0 Å². The molecule has 3 saturated heterocycles. The molecule has 0 aromatic rings. The van der Waals surface area contributed by atoms with Crippen molar-refractivity contribution < 1.29 is 24.6 Å². The molecule has 6 heteroatoms. The van der Waals surface area contributed by atoms with E-state index in [9.17, 15) is 4.79 Å². The maximum atomic E-state index is 10.9. The molecule has 100 valence electrons. The first kappa shape index (κ1) is 14.4. The Kier molecular flexibility index (Phi) is 5.03. The molecule has 0 aromatic heterocycles. The molecular formula is C12H17NO5. The number of hydrogen-bond donors (Lipinski definition) is 2. The highest BCUT2D eigenvalue weighted by Crippen LogP contribution is 2.31. The molecule has 18 heavy (non-hydrogen) atoms. The molecule has 0 saturated carbocycles. The average Bonchev–Trinajstić information content (AvgIpc) is 2.30. The maximum absolute atomic E-state index is 10.9. The van der Waals surface area contributed by atoms with Gasteiger partial charge in [0.05, 0.1) is 0 Å². The summed E-state index contributed by atoms with van der Waals surface area (Å²) in [4.78, 5) is 31.5. The van der Waals surface area contributed by atoms with Crippen molar-refractivity contribution in [2.45, 2.75) is 19.8 Å². The zero-order valence-electron chi connectivity index (χ0n) is 10.3. The Morgan fingerprint density at radius 1 is 1.17 bits per heavy atom. The number of carboxylic acids is 2. The smallest absolute Gasteiger partial charge is 0.414 e. The Labute approximate surface area is 105 Å². The number of carboxylic acid groups (broad SMARTS) is 2. The minimum Gasteiger partial charge on any atom is -0.473 e. The molecule has 0 unspecified atom stereocenters. The molecular weight excluding hydrogens is 238 g/mol. The number of aliphatic carboxylic acids is 2. The molecule has 6 nitrogen and oxygen atoms in total. The van der Waals surface area contributed by atoms with Crippen molar-refractivity contribution in [3.63, 3.8) is 0 Å². The summed E-state index contributed by atoms with van der Waals surface area (Å²) in [7, 11) is 0. The number of piperidine rings is 3. The summed E-state index contributed by atoms with van der Waals surface area (Å²) in [5.74, 6) is -2.72. The highest BCUT2D eigenvalue weighted by molar-refractivity contribution is 6.27. The van der Waals surface area contributed by atoms with Gasteiger partial charge in [-0.15, -0.1) is 0 Å². The van der Waals surface area contributed by atoms with E-state index in [2.05, 4.69) is 4.90 Å². The fourth-order valence-electron chi connectivity index (χ4n) is 2.27. The van der Waals surface area contributed by atoms with Crippen LogP contribution >= 0.6 is 0 Å². The van der Waals surface area contributed by atoms with E-state index in [4.69, 9.17) is 19.8 Å². The second-order valence-electron chi connectivity index (χ2n) is 4.49. The molecule has 2 bridgehead atoms. The first-order valence-electron chi connectivity index (χ1n) is 5.79. The van der Waals surface area contributed by atoms with Crippen molar-refractivity contribution in [1.29, 1.82) is 0 Å². The molecule has 0 atom stereocenters. The van der Waals surface area contributed by atoms with Gasteiger partial charge >= 0.3 is 11.9 Å². The topological polar surface area (TPSA) is 94.9 Å². The lowest BCUT2D eigenvalue weighted by Crippen LogP contribution is -2.43. The summed E-state index contributed by atoms with van der Waals surface area (Å²) in [5, 5.41) is 14.8. The third kappa shape index (κ3) is 4.29. The number of ketones is 1. The van der Waals surface area contributed by atoms with Crippen molar-refractivity contribution in [2.75, 3.05) is 19.6 Å². The Balaban J connectivity index is 0.000000232. The van der Waals surface area contributed by atoms with Gasteiger partial charge in [-0.3, -0.25) is 9.69 Å². The van der Waals surface area contributed by atoms with Crippen LogP contribution in [0.5, 0.6) is 0 Å². The molecule has 3 heterocycles.